The maximum atomic E-state index is 13.1. The van der Waals surface area contributed by atoms with Gasteiger partial charge in [0.2, 0.25) is 5.91 Å². The molecule has 0 bridgehead atoms. The third kappa shape index (κ3) is 5.43. The second-order valence-corrected chi connectivity index (χ2v) is 10.0. The van der Waals surface area contributed by atoms with Crippen molar-refractivity contribution in [3.63, 3.8) is 0 Å². The summed E-state index contributed by atoms with van der Waals surface area (Å²) in [6, 6.07) is 14.7. The molecule has 0 radical (unpaired) electrons. The molecule has 2 heterocycles. The lowest BCUT2D eigenvalue weighted by Crippen LogP contribution is -2.36. The quantitative estimate of drug-likeness (QED) is 0.317. The number of thioether (sulfide) groups is 1. The molecule has 196 valence electrons. The number of ether oxygens (including phenoxy) is 1. The third-order valence-corrected chi connectivity index (χ3v) is 7.20. The molecule has 1 saturated heterocycles. The number of aryl methyl sites for hydroxylation is 3. The van der Waals surface area contributed by atoms with Gasteiger partial charge < -0.3 is 14.6 Å². The fraction of sp³-hybridized carbons (Fsp3) is 0.241. The van der Waals surface area contributed by atoms with E-state index >= 15 is 0 Å². The number of amides is 3. The molecule has 3 aromatic rings. The van der Waals surface area contributed by atoms with Gasteiger partial charge in [0, 0.05) is 22.8 Å². The average Bonchev–Trinajstić information content (AvgIpc) is 3.30. The Hall–Kier alpha value is -4.11. The summed E-state index contributed by atoms with van der Waals surface area (Å²) in [6.07, 6.45) is 1.67. The maximum Gasteiger partial charge on any atom is 0.338 e. The number of nitrogens with one attached hydrogen (secondary N) is 1. The molecule has 38 heavy (non-hydrogen) atoms. The van der Waals surface area contributed by atoms with Crippen LogP contribution in [0.5, 0.6) is 0 Å². The molecule has 0 atom stereocenters. The van der Waals surface area contributed by atoms with E-state index in [1.807, 2.05) is 62.6 Å². The van der Waals surface area contributed by atoms with Gasteiger partial charge in [-0.3, -0.25) is 19.3 Å². The lowest BCUT2D eigenvalue weighted by Gasteiger charge is -2.15. The van der Waals surface area contributed by atoms with Crippen LogP contribution in [0.4, 0.5) is 10.5 Å². The number of hydrogen-bond donors (Lipinski definition) is 1. The van der Waals surface area contributed by atoms with Crippen LogP contribution in [-0.2, 0) is 14.3 Å². The van der Waals surface area contributed by atoms with E-state index in [4.69, 9.17) is 4.74 Å². The largest absolute Gasteiger partial charge is 0.462 e. The Kier molecular flexibility index (Phi) is 7.87. The van der Waals surface area contributed by atoms with Gasteiger partial charge in [-0.05, 0) is 93.4 Å². The van der Waals surface area contributed by atoms with Crippen molar-refractivity contribution in [2.45, 2.75) is 34.6 Å². The predicted octanol–water partition coefficient (Wildman–Crippen LogP) is 5.56. The van der Waals surface area contributed by atoms with Crippen LogP contribution in [-0.4, -0.2) is 45.6 Å². The van der Waals surface area contributed by atoms with Gasteiger partial charge >= 0.3 is 5.97 Å². The second kappa shape index (κ2) is 11.1. The molecule has 0 unspecified atom stereocenters. The first-order chi connectivity index (χ1) is 18.1. The van der Waals surface area contributed by atoms with Crippen molar-refractivity contribution in [1.82, 2.24) is 9.47 Å². The second-order valence-electron chi connectivity index (χ2n) is 9.02. The van der Waals surface area contributed by atoms with Crippen molar-refractivity contribution in [1.29, 1.82) is 0 Å². The Labute approximate surface area is 225 Å². The highest BCUT2D eigenvalue weighted by atomic mass is 32.2. The van der Waals surface area contributed by atoms with Gasteiger partial charge in [-0.2, -0.15) is 0 Å². The molecule has 4 rings (SSSR count). The monoisotopic (exact) mass is 531 g/mol. The predicted molar refractivity (Wildman–Crippen MR) is 148 cm³/mol. The SMILES string of the molecule is CCOC(=O)c1cccc(-n2c(C)cc(/C=C3\SC(=O)N(CC(=O)Nc4c(C)cccc4C)C3=O)c2C)c1. The number of imide groups is 1. The van der Waals surface area contributed by atoms with Gasteiger partial charge in [0.1, 0.15) is 6.54 Å². The summed E-state index contributed by atoms with van der Waals surface area (Å²) in [7, 11) is 0. The van der Waals surface area contributed by atoms with E-state index in [-0.39, 0.29) is 18.1 Å². The van der Waals surface area contributed by atoms with Gasteiger partial charge in [-0.15, -0.1) is 0 Å². The van der Waals surface area contributed by atoms with E-state index in [9.17, 15) is 19.2 Å². The zero-order chi connectivity index (χ0) is 27.6. The van der Waals surface area contributed by atoms with E-state index in [0.717, 1.165) is 50.4 Å². The molecule has 1 aliphatic heterocycles. The van der Waals surface area contributed by atoms with Crippen LogP contribution in [0.25, 0.3) is 11.8 Å². The highest BCUT2D eigenvalue weighted by Crippen LogP contribution is 2.34. The highest BCUT2D eigenvalue weighted by Gasteiger charge is 2.36. The normalized spacial score (nSPS) is 14.3. The van der Waals surface area contributed by atoms with E-state index in [1.165, 1.54) is 0 Å². The molecule has 0 aliphatic carbocycles. The van der Waals surface area contributed by atoms with E-state index < -0.39 is 23.0 Å². The summed E-state index contributed by atoms with van der Waals surface area (Å²) in [4.78, 5) is 51.8. The summed E-state index contributed by atoms with van der Waals surface area (Å²) in [6.45, 7) is 9.27. The standard InChI is InChI=1S/C29H29N3O5S/c1-6-37-28(35)21-11-8-12-23(14-21)32-19(4)13-22(20(32)5)15-24-27(34)31(29(36)38-24)16-25(33)30-26-17(2)9-7-10-18(26)3/h7-15H,6,16H2,1-5H3,(H,30,33)/b24-15-. The molecule has 1 fully saturated rings. The number of aromatic nitrogens is 1. The van der Waals surface area contributed by atoms with Crippen LogP contribution in [0.1, 0.15) is 45.4 Å². The summed E-state index contributed by atoms with van der Waals surface area (Å²) in [5.41, 5.74) is 6.19. The Balaban J connectivity index is 1.55. The van der Waals surface area contributed by atoms with Crippen LogP contribution >= 0.6 is 11.8 Å². The first-order valence-corrected chi connectivity index (χ1v) is 13.0. The minimum atomic E-state index is -0.509. The fourth-order valence-electron chi connectivity index (χ4n) is 4.43. The smallest absolute Gasteiger partial charge is 0.338 e. The van der Waals surface area contributed by atoms with Crippen molar-refractivity contribution in [3.05, 3.63) is 87.1 Å². The molecule has 1 N–H and O–H groups in total. The lowest BCUT2D eigenvalue weighted by atomic mass is 10.1. The van der Waals surface area contributed by atoms with Crippen molar-refractivity contribution in [2.24, 2.45) is 0 Å². The first-order valence-electron chi connectivity index (χ1n) is 12.2. The van der Waals surface area contributed by atoms with Crippen molar-refractivity contribution in [3.8, 4) is 5.69 Å². The lowest BCUT2D eigenvalue weighted by molar-refractivity contribution is -0.127. The van der Waals surface area contributed by atoms with Crippen LogP contribution in [0, 0.1) is 27.7 Å². The van der Waals surface area contributed by atoms with Crippen LogP contribution in [0.15, 0.2) is 53.4 Å². The zero-order valence-electron chi connectivity index (χ0n) is 22.0. The number of rotatable bonds is 7. The number of anilines is 1. The summed E-state index contributed by atoms with van der Waals surface area (Å²) >= 11 is 0.811. The number of carbonyl (C=O) groups is 4. The minimum absolute atomic E-state index is 0.246. The molecule has 3 amide bonds. The number of carbonyl (C=O) groups excluding carboxylic acids is 4. The van der Waals surface area contributed by atoms with Crippen LogP contribution < -0.4 is 5.32 Å². The maximum absolute atomic E-state index is 13.1. The van der Waals surface area contributed by atoms with E-state index in [1.54, 1.807) is 31.2 Å². The number of benzene rings is 2. The van der Waals surface area contributed by atoms with Crippen LogP contribution in [0.2, 0.25) is 0 Å². The van der Waals surface area contributed by atoms with Crippen molar-refractivity contribution >= 4 is 46.5 Å². The van der Waals surface area contributed by atoms with E-state index in [2.05, 4.69) is 5.32 Å². The van der Waals surface area contributed by atoms with Crippen molar-refractivity contribution < 1.29 is 23.9 Å². The zero-order valence-corrected chi connectivity index (χ0v) is 22.8. The molecule has 1 aromatic heterocycles. The minimum Gasteiger partial charge on any atom is -0.462 e. The Morgan fingerprint density at radius 2 is 1.68 bits per heavy atom. The third-order valence-electron chi connectivity index (χ3n) is 6.29. The Bertz CT molecular complexity index is 1470. The van der Waals surface area contributed by atoms with Crippen LogP contribution in [0.3, 0.4) is 0 Å². The molecular formula is C29H29N3O5S. The molecule has 8 nitrogen and oxygen atoms in total. The van der Waals surface area contributed by atoms with Gasteiger partial charge in [0.05, 0.1) is 17.1 Å². The number of nitrogens with zero attached hydrogens (tertiary/aromatic N) is 2. The van der Waals surface area contributed by atoms with Gasteiger partial charge in [0.15, 0.2) is 0 Å². The average molecular weight is 532 g/mol. The molecule has 1 aliphatic rings. The molecule has 0 spiro atoms. The molecule has 0 saturated carbocycles. The van der Waals surface area contributed by atoms with Gasteiger partial charge in [-0.1, -0.05) is 24.3 Å². The topological polar surface area (TPSA) is 97.7 Å². The Morgan fingerprint density at radius 1 is 1.00 bits per heavy atom. The highest BCUT2D eigenvalue weighted by molar-refractivity contribution is 8.18. The molecule has 9 heteroatoms. The number of para-hydroxylation sites is 1. The summed E-state index contributed by atoms with van der Waals surface area (Å²) < 4.78 is 7.08. The molecular weight excluding hydrogens is 502 g/mol. The first kappa shape index (κ1) is 26.9. The Morgan fingerprint density at radius 3 is 2.37 bits per heavy atom. The van der Waals surface area contributed by atoms with Gasteiger partial charge in [0.25, 0.3) is 11.1 Å². The summed E-state index contributed by atoms with van der Waals surface area (Å²) in [5, 5.41) is 2.33. The summed E-state index contributed by atoms with van der Waals surface area (Å²) in [5.74, 6) is -1.34. The fourth-order valence-corrected chi connectivity index (χ4v) is 5.26. The molecule has 2 aromatic carbocycles. The van der Waals surface area contributed by atoms with Gasteiger partial charge in [-0.25, -0.2) is 4.79 Å². The number of hydrogen-bond acceptors (Lipinski definition) is 6. The van der Waals surface area contributed by atoms with Crippen molar-refractivity contribution in [2.75, 3.05) is 18.5 Å². The number of esters is 1. The van der Waals surface area contributed by atoms with E-state index in [0.29, 0.717) is 11.3 Å².